The van der Waals surface area contributed by atoms with Gasteiger partial charge in [0.05, 0.1) is 11.4 Å². The molecule has 0 unspecified atom stereocenters. The van der Waals surface area contributed by atoms with Gasteiger partial charge in [0.25, 0.3) is 0 Å². The third-order valence-corrected chi connectivity index (χ3v) is 3.53. The first-order valence-corrected chi connectivity index (χ1v) is 7.04. The first-order valence-electron chi connectivity index (χ1n) is 6.24. The second-order valence-electron chi connectivity index (χ2n) is 4.26. The summed E-state index contributed by atoms with van der Waals surface area (Å²) in [5.74, 6) is 0.0617. The number of hydrogen-bond donors (Lipinski definition) is 3. The van der Waals surface area contributed by atoms with Crippen LogP contribution in [0.4, 0.5) is 16.2 Å². The summed E-state index contributed by atoms with van der Waals surface area (Å²) in [7, 11) is 0. The monoisotopic (exact) mass is 334 g/mol. The number of benzene rings is 2. The molecule has 4 nitrogen and oxygen atoms in total. The molecule has 0 spiro atoms. The molecular formula is C15H15BrN2O2. The summed E-state index contributed by atoms with van der Waals surface area (Å²) in [4.78, 5) is 11.9. The van der Waals surface area contributed by atoms with Gasteiger partial charge >= 0.3 is 6.03 Å². The van der Waals surface area contributed by atoms with E-state index in [1.165, 1.54) is 0 Å². The predicted molar refractivity (Wildman–Crippen MR) is 84.3 cm³/mol. The van der Waals surface area contributed by atoms with Crippen molar-refractivity contribution in [2.45, 2.75) is 13.3 Å². The number of phenolic OH excluding ortho intramolecular Hbond substituents is 1. The van der Waals surface area contributed by atoms with Gasteiger partial charge in [-0.3, -0.25) is 0 Å². The number of anilines is 2. The second kappa shape index (κ2) is 6.43. The number of para-hydroxylation sites is 1. The Kier molecular flexibility index (Phi) is 4.63. The largest absolute Gasteiger partial charge is 0.506 e. The Labute approximate surface area is 126 Å². The topological polar surface area (TPSA) is 61.4 Å². The van der Waals surface area contributed by atoms with Gasteiger partial charge in [-0.2, -0.15) is 0 Å². The van der Waals surface area contributed by atoms with Crippen LogP contribution in [0.25, 0.3) is 0 Å². The van der Waals surface area contributed by atoms with Crippen molar-refractivity contribution in [3.8, 4) is 5.75 Å². The van der Waals surface area contributed by atoms with E-state index in [1.54, 1.807) is 18.2 Å². The van der Waals surface area contributed by atoms with Crippen molar-refractivity contribution in [1.29, 1.82) is 0 Å². The number of hydrogen-bond acceptors (Lipinski definition) is 2. The number of carbonyl (C=O) groups is 1. The van der Waals surface area contributed by atoms with Gasteiger partial charge in [0, 0.05) is 4.47 Å². The van der Waals surface area contributed by atoms with Crippen LogP contribution in [-0.2, 0) is 6.42 Å². The molecule has 0 bridgehead atoms. The van der Waals surface area contributed by atoms with Crippen molar-refractivity contribution in [3.63, 3.8) is 0 Å². The molecule has 3 N–H and O–H groups in total. The number of aromatic hydroxyl groups is 1. The highest BCUT2D eigenvalue weighted by Gasteiger charge is 2.08. The normalized spacial score (nSPS) is 10.1. The second-order valence-corrected chi connectivity index (χ2v) is 5.12. The van der Waals surface area contributed by atoms with Gasteiger partial charge in [0.15, 0.2) is 0 Å². The van der Waals surface area contributed by atoms with Crippen LogP contribution in [0.2, 0.25) is 0 Å². The maximum atomic E-state index is 11.9. The molecule has 2 aromatic carbocycles. The Morgan fingerprint density at radius 3 is 2.50 bits per heavy atom. The van der Waals surface area contributed by atoms with Crippen molar-refractivity contribution in [2.24, 2.45) is 0 Å². The number of urea groups is 1. The quantitative estimate of drug-likeness (QED) is 0.730. The van der Waals surface area contributed by atoms with Crippen molar-refractivity contribution in [1.82, 2.24) is 0 Å². The highest BCUT2D eigenvalue weighted by atomic mass is 79.9. The minimum absolute atomic E-state index is 0.0617. The summed E-state index contributed by atoms with van der Waals surface area (Å²) in [6.07, 6.45) is 0.830. The fraction of sp³-hybridized carbons (Fsp3) is 0.133. The zero-order valence-corrected chi connectivity index (χ0v) is 12.6. The fourth-order valence-corrected chi connectivity index (χ4v) is 2.13. The van der Waals surface area contributed by atoms with Crippen LogP contribution in [0.5, 0.6) is 5.75 Å². The van der Waals surface area contributed by atoms with E-state index in [-0.39, 0.29) is 5.75 Å². The molecule has 2 rings (SSSR count). The molecule has 0 aliphatic carbocycles. The zero-order valence-electron chi connectivity index (χ0n) is 11.0. The zero-order chi connectivity index (χ0) is 14.5. The summed E-state index contributed by atoms with van der Waals surface area (Å²) < 4.78 is 0.792. The van der Waals surface area contributed by atoms with Gasteiger partial charge in [-0.05, 0) is 52.2 Å². The van der Waals surface area contributed by atoms with E-state index in [9.17, 15) is 9.90 Å². The Morgan fingerprint density at radius 2 is 1.85 bits per heavy atom. The first-order chi connectivity index (χ1) is 9.60. The molecule has 0 saturated carbocycles. The number of aryl methyl sites for hydroxylation is 1. The van der Waals surface area contributed by atoms with Gasteiger partial charge in [-0.1, -0.05) is 25.1 Å². The molecule has 0 atom stereocenters. The smallest absolute Gasteiger partial charge is 0.323 e. The average Bonchev–Trinajstić information content (AvgIpc) is 2.43. The molecule has 0 radical (unpaired) electrons. The molecule has 0 aliphatic heterocycles. The van der Waals surface area contributed by atoms with E-state index in [4.69, 9.17) is 0 Å². The number of rotatable bonds is 3. The number of halogens is 1. The first kappa shape index (κ1) is 14.4. The van der Waals surface area contributed by atoms with E-state index >= 15 is 0 Å². The minimum atomic E-state index is -0.406. The Hall–Kier alpha value is -2.01. The molecule has 0 aromatic heterocycles. The standard InChI is InChI=1S/C15H15BrN2O2/c1-2-10-7-8-13(14(19)9-10)18-15(20)17-12-6-4-3-5-11(12)16/h3-9,19H,2H2,1H3,(H2,17,18,20). The molecule has 0 heterocycles. The van der Waals surface area contributed by atoms with Gasteiger partial charge in [-0.25, -0.2) is 4.79 Å². The summed E-state index contributed by atoms with van der Waals surface area (Å²) >= 11 is 3.35. The van der Waals surface area contributed by atoms with E-state index in [0.29, 0.717) is 11.4 Å². The van der Waals surface area contributed by atoms with E-state index in [2.05, 4.69) is 26.6 Å². The molecule has 2 aromatic rings. The lowest BCUT2D eigenvalue weighted by Crippen LogP contribution is -2.19. The van der Waals surface area contributed by atoms with Crippen molar-refractivity contribution in [2.75, 3.05) is 10.6 Å². The van der Waals surface area contributed by atoms with Gasteiger partial charge in [0.1, 0.15) is 5.75 Å². The lowest BCUT2D eigenvalue weighted by Gasteiger charge is -2.10. The molecule has 0 aliphatic rings. The van der Waals surface area contributed by atoms with Crippen LogP contribution in [0.1, 0.15) is 12.5 Å². The Morgan fingerprint density at radius 1 is 1.15 bits per heavy atom. The van der Waals surface area contributed by atoms with Crippen LogP contribution in [0.3, 0.4) is 0 Å². The SMILES string of the molecule is CCc1ccc(NC(=O)Nc2ccccc2Br)c(O)c1. The summed E-state index contributed by atoms with van der Waals surface area (Å²) in [6, 6.07) is 12.1. The predicted octanol–water partition coefficient (Wildman–Crippen LogP) is 4.36. The maximum Gasteiger partial charge on any atom is 0.323 e. The molecule has 20 heavy (non-hydrogen) atoms. The maximum absolute atomic E-state index is 11.9. The fourth-order valence-electron chi connectivity index (χ4n) is 1.74. The van der Waals surface area contributed by atoms with Crippen LogP contribution < -0.4 is 10.6 Å². The number of carbonyl (C=O) groups excluding carboxylic acids is 1. The van der Waals surface area contributed by atoms with Crippen molar-refractivity contribution in [3.05, 3.63) is 52.5 Å². The molecular weight excluding hydrogens is 320 g/mol. The number of nitrogens with one attached hydrogen (secondary N) is 2. The summed E-state index contributed by atoms with van der Waals surface area (Å²) in [5, 5.41) is 15.2. The number of amides is 2. The Bertz CT molecular complexity index is 629. The summed E-state index contributed by atoms with van der Waals surface area (Å²) in [5.41, 5.74) is 2.06. The lowest BCUT2D eigenvalue weighted by atomic mass is 10.1. The molecule has 2 amide bonds. The van der Waals surface area contributed by atoms with Crippen molar-refractivity contribution < 1.29 is 9.90 Å². The van der Waals surface area contributed by atoms with Crippen LogP contribution >= 0.6 is 15.9 Å². The third-order valence-electron chi connectivity index (χ3n) is 2.84. The summed E-state index contributed by atoms with van der Waals surface area (Å²) in [6.45, 7) is 2.00. The minimum Gasteiger partial charge on any atom is -0.506 e. The molecule has 104 valence electrons. The molecule has 0 saturated heterocycles. The van der Waals surface area contributed by atoms with Gasteiger partial charge < -0.3 is 15.7 Å². The number of phenols is 1. The van der Waals surface area contributed by atoms with Gasteiger partial charge in [-0.15, -0.1) is 0 Å². The van der Waals surface area contributed by atoms with Gasteiger partial charge in [0.2, 0.25) is 0 Å². The highest BCUT2D eigenvalue weighted by Crippen LogP contribution is 2.25. The lowest BCUT2D eigenvalue weighted by molar-refractivity contribution is 0.262. The van der Waals surface area contributed by atoms with Crippen LogP contribution in [0, 0.1) is 0 Å². The third kappa shape index (κ3) is 3.51. The highest BCUT2D eigenvalue weighted by molar-refractivity contribution is 9.10. The van der Waals surface area contributed by atoms with Crippen molar-refractivity contribution >= 4 is 33.3 Å². The van der Waals surface area contributed by atoms with Crippen LogP contribution in [0.15, 0.2) is 46.9 Å². The molecule has 0 fully saturated rings. The van der Waals surface area contributed by atoms with E-state index in [0.717, 1.165) is 16.5 Å². The van der Waals surface area contributed by atoms with E-state index in [1.807, 2.05) is 31.2 Å². The Balaban J connectivity index is 2.07. The molecule has 5 heteroatoms. The van der Waals surface area contributed by atoms with E-state index < -0.39 is 6.03 Å². The van der Waals surface area contributed by atoms with Crippen LogP contribution in [-0.4, -0.2) is 11.1 Å². The average molecular weight is 335 g/mol.